The number of nitrogens with zero attached hydrogens (tertiary/aromatic N) is 2. The predicted octanol–water partition coefficient (Wildman–Crippen LogP) is 4.21. The first-order valence-corrected chi connectivity index (χ1v) is 12.2. The molecule has 2 N–H and O–H groups in total. The van der Waals surface area contributed by atoms with Gasteiger partial charge in [-0.25, -0.2) is 4.79 Å². The molecule has 1 fully saturated rings. The van der Waals surface area contributed by atoms with Crippen molar-refractivity contribution in [3.05, 3.63) is 10.0 Å². The Morgan fingerprint density at radius 1 is 1.42 bits per heavy atom. The molecule has 1 atom stereocenters. The monoisotopic (exact) mass is 371 g/mol. The molecule has 136 valence electrons. The van der Waals surface area contributed by atoms with Gasteiger partial charge in [0.1, 0.15) is 10.0 Å². The Hall–Kier alpha value is -0.993. The van der Waals surface area contributed by atoms with Crippen LogP contribution in [0.15, 0.2) is 0 Å². The van der Waals surface area contributed by atoms with Crippen LogP contribution in [0, 0.1) is 5.92 Å². The molecule has 0 saturated heterocycles. The average molecular weight is 372 g/mol. The molecule has 0 radical (unpaired) electrons. The van der Waals surface area contributed by atoms with Crippen molar-refractivity contribution in [3.63, 3.8) is 0 Å². The van der Waals surface area contributed by atoms with Gasteiger partial charge in [0.2, 0.25) is 0 Å². The first kappa shape index (κ1) is 19.3. The van der Waals surface area contributed by atoms with E-state index in [-0.39, 0.29) is 17.2 Å². The van der Waals surface area contributed by atoms with E-state index < -0.39 is 14.4 Å². The van der Waals surface area contributed by atoms with E-state index in [4.69, 9.17) is 9.53 Å². The molecule has 0 aliphatic heterocycles. The van der Waals surface area contributed by atoms with E-state index in [9.17, 15) is 4.79 Å². The Morgan fingerprint density at radius 3 is 2.58 bits per heavy atom. The largest absolute Gasteiger partial charge is 0.465 e. The highest BCUT2D eigenvalue weighted by atomic mass is 32.1. The van der Waals surface area contributed by atoms with Crippen molar-refractivity contribution in [1.82, 2.24) is 15.5 Å². The standard InChI is InChI=1S/C16H29N3O3SSi/c1-10(22-24(5,6)16(2,3)4)14-19-18-13(23-14)9-11-7-12(8-11)17-15(20)21/h10-12,17H,7-9H2,1-6H3,(H,20,21). The van der Waals surface area contributed by atoms with Crippen LogP contribution in [0.1, 0.15) is 56.7 Å². The summed E-state index contributed by atoms with van der Waals surface area (Å²) in [5.41, 5.74) is 0. The number of nitrogens with one attached hydrogen (secondary N) is 1. The molecule has 8 heteroatoms. The number of rotatable bonds is 6. The van der Waals surface area contributed by atoms with Gasteiger partial charge in [-0.05, 0) is 43.8 Å². The third kappa shape index (κ3) is 4.77. The van der Waals surface area contributed by atoms with E-state index >= 15 is 0 Å². The minimum Gasteiger partial charge on any atom is -0.465 e. The lowest BCUT2D eigenvalue weighted by Gasteiger charge is -2.37. The molecule has 1 heterocycles. The van der Waals surface area contributed by atoms with Crippen molar-refractivity contribution in [3.8, 4) is 0 Å². The van der Waals surface area contributed by atoms with E-state index in [2.05, 4.69) is 56.3 Å². The molecular formula is C16H29N3O3SSi. The fourth-order valence-electron chi connectivity index (χ4n) is 2.62. The third-order valence-corrected chi connectivity index (χ3v) is 10.8. The number of hydrogen-bond acceptors (Lipinski definition) is 5. The zero-order chi connectivity index (χ0) is 18.1. The highest BCUT2D eigenvalue weighted by molar-refractivity contribution is 7.11. The smallest absolute Gasteiger partial charge is 0.404 e. The summed E-state index contributed by atoms with van der Waals surface area (Å²) >= 11 is 1.62. The zero-order valence-electron chi connectivity index (χ0n) is 15.4. The predicted molar refractivity (Wildman–Crippen MR) is 98.0 cm³/mol. The SMILES string of the molecule is CC(O[Si](C)(C)C(C)(C)C)c1nnc(CC2CC(NC(=O)O)C2)s1. The summed E-state index contributed by atoms with van der Waals surface area (Å²) in [6.45, 7) is 13.2. The number of hydrogen-bond donors (Lipinski definition) is 2. The van der Waals surface area contributed by atoms with Crippen LogP contribution >= 0.6 is 11.3 Å². The molecule has 0 aromatic carbocycles. The number of aromatic nitrogens is 2. The Morgan fingerprint density at radius 2 is 2.04 bits per heavy atom. The van der Waals surface area contributed by atoms with Crippen molar-refractivity contribution in [2.45, 2.75) is 77.2 Å². The first-order chi connectivity index (χ1) is 11.0. The number of carbonyl (C=O) groups is 1. The molecule has 0 bridgehead atoms. The van der Waals surface area contributed by atoms with Gasteiger partial charge < -0.3 is 14.8 Å². The maximum atomic E-state index is 10.6. The van der Waals surface area contributed by atoms with Gasteiger partial charge in [0, 0.05) is 12.5 Å². The molecule has 1 unspecified atom stereocenters. The molecule has 1 aliphatic carbocycles. The lowest BCUT2D eigenvalue weighted by atomic mass is 9.78. The van der Waals surface area contributed by atoms with Gasteiger partial charge in [-0.2, -0.15) is 0 Å². The van der Waals surface area contributed by atoms with Gasteiger partial charge in [0.05, 0.1) is 6.10 Å². The Bertz CT molecular complexity index is 579. The van der Waals surface area contributed by atoms with Crippen molar-refractivity contribution < 1.29 is 14.3 Å². The summed E-state index contributed by atoms with van der Waals surface area (Å²) in [4.78, 5) is 10.6. The summed E-state index contributed by atoms with van der Waals surface area (Å²) in [7, 11) is -1.82. The van der Waals surface area contributed by atoms with E-state index in [0.29, 0.717) is 5.92 Å². The second-order valence-corrected chi connectivity index (χ2v) is 14.1. The Kier molecular flexibility index (Phi) is 5.71. The molecule has 1 aromatic heterocycles. The van der Waals surface area contributed by atoms with Gasteiger partial charge in [0.25, 0.3) is 0 Å². The molecule has 24 heavy (non-hydrogen) atoms. The van der Waals surface area contributed by atoms with Crippen LogP contribution in [-0.4, -0.2) is 35.8 Å². The maximum Gasteiger partial charge on any atom is 0.404 e. The maximum absolute atomic E-state index is 10.6. The highest BCUT2D eigenvalue weighted by Gasteiger charge is 2.39. The van der Waals surface area contributed by atoms with Crippen LogP contribution in [0.25, 0.3) is 0 Å². The summed E-state index contributed by atoms with van der Waals surface area (Å²) < 4.78 is 6.38. The van der Waals surface area contributed by atoms with Crippen molar-refractivity contribution in [2.75, 3.05) is 0 Å². The van der Waals surface area contributed by atoms with E-state index in [1.165, 1.54) is 0 Å². The molecular weight excluding hydrogens is 342 g/mol. The third-order valence-electron chi connectivity index (χ3n) is 5.13. The van der Waals surface area contributed by atoms with Crippen LogP contribution in [0.3, 0.4) is 0 Å². The van der Waals surface area contributed by atoms with Crippen molar-refractivity contribution >= 4 is 25.7 Å². The van der Waals surface area contributed by atoms with Crippen molar-refractivity contribution in [2.24, 2.45) is 5.92 Å². The van der Waals surface area contributed by atoms with Crippen LogP contribution in [-0.2, 0) is 10.8 Å². The van der Waals surface area contributed by atoms with E-state index in [0.717, 1.165) is 29.3 Å². The highest BCUT2D eigenvalue weighted by Crippen LogP contribution is 2.40. The van der Waals surface area contributed by atoms with Gasteiger partial charge >= 0.3 is 6.09 Å². The van der Waals surface area contributed by atoms with Crippen molar-refractivity contribution in [1.29, 1.82) is 0 Å². The second-order valence-electron chi connectivity index (χ2n) is 8.24. The fraction of sp³-hybridized carbons (Fsp3) is 0.812. The zero-order valence-corrected chi connectivity index (χ0v) is 17.2. The van der Waals surface area contributed by atoms with Crippen LogP contribution in [0.5, 0.6) is 0 Å². The molecule has 1 saturated carbocycles. The second kappa shape index (κ2) is 7.09. The lowest BCUT2D eigenvalue weighted by Crippen LogP contribution is -2.44. The minimum atomic E-state index is -1.82. The Balaban J connectivity index is 1.86. The summed E-state index contributed by atoms with van der Waals surface area (Å²) in [6.07, 6.45) is 1.68. The summed E-state index contributed by atoms with van der Waals surface area (Å²) in [5, 5.41) is 22.0. The quantitative estimate of drug-likeness (QED) is 0.732. The average Bonchev–Trinajstić information content (AvgIpc) is 2.82. The van der Waals surface area contributed by atoms with Gasteiger partial charge in [-0.15, -0.1) is 10.2 Å². The molecule has 1 amide bonds. The lowest BCUT2D eigenvalue weighted by molar-refractivity contribution is 0.166. The molecule has 1 aromatic rings. The molecule has 2 rings (SSSR count). The first-order valence-electron chi connectivity index (χ1n) is 8.47. The topological polar surface area (TPSA) is 84.3 Å². The molecule has 6 nitrogen and oxygen atoms in total. The van der Waals surface area contributed by atoms with Crippen LogP contribution < -0.4 is 5.32 Å². The van der Waals surface area contributed by atoms with Gasteiger partial charge in [-0.3, -0.25) is 0 Å². The Labute approximate surface area is 149 Å². The molecule has 1 aliphatic rings. The fourth-order valence-corrected chi connectivity index (χ4v) is 5.00. The van der Waals surface area contributed by atoms with E-state index in [1.54, 1.807) is 11.3 Å². The number of amides is 1. The van der Waals surface area contributed by atoms with Gasteiger partial charge in [0.15, 0.2) is 8.32 Å². The van der Waals surface area contributed by atoms with Gasteiger partial charge in [-0.1, -0.05) is 32.1 Å². The molecule has 0 spiro atoms. The summed E-state index contributed by atoms with van der Waals surface area (Å²) in [5.74, 6) is 0.499. The number of carboxylic acid groups (broad SMARTS) is 1. The summed E-state index contributed by atoms with van der Waals surface area (Å²) in [6, 6.07) is 0.0979. The minimum absolute atomic E-state index is 0.0278. The van der Waals surface area contributed by atoms with Crippen LogP contribution in [0.4, 0.5) is 4.79 Å². The van der Waals surface area contributed by atoms with E-state index in [1.807, 2.05) is 0 Å². The normalized spacial score (nSPS) is 22.8. The van der Waals surface area contributed by atoms with Crippen LogP contribution in [0.2, 0.25) is 18.1 Å².